The molecule has 0 aliphatic rings. The van der Waals surface area contributed by atoms with Crippen LogP contribution in [0.3, 0.4) is 0 Å². The van der Waals surface area contributed by atoms with Crippen molar-refractivity contribution in [2.24, 2.45) is 0 Å². The topological polar surface area (TPSA) is 89.8 Å². The standard InChI is InChI=1S/C18H21BrN2O5/c1-5-6-25-16-14(19)8-12(9-15(16)24-4)17(22)20-21-18(23)13-7-10(2)26-11(13)3/h7-9H,5-6H2,1-4H3,(H,20,22)(H,21,23). The highest BCUT2D eigenvalue weighted by molar-refractivity contribution is 9.10. The lowest BCUT2D eigenvalue weighted by atomic mass is 10.2. The molecule has 0 fully saturated rings. The quantitative estimate of drug-likeness (QED) is 0.692. The number of benzene rings is 1. The first-order chi connectivity index (χ1) is 12.4. The maximum absolute atomic E-state index is 12.3. The van der Waals surface area contributed by atoms with Crippen molar-refractivity contribution in [3.8, 4) is 11.5 Å². The molecule has 0 aliphatic carbocycles. The van der Waals surface area contributed by atoms with Crippen molar-refractivity contribution in [1.82, 2.24) is 10.9 Å². The smallest absolute Gasteiger partial charge is 0.273 e. The van der Waals surface area contributed by atoms with Crippen LogP contribution < -0.4 is 20.3 Å². The first-order valence-corrected chi connectivity index (χ1v) is 8.84. The van der Waals surface area contributed by atoms with Crippen LogP contribution in [0.4, 0.5) is 0 Å². The molecule has 7 nitrogen and oxygen atoms in total. The van der Waals surface area contributed by atoms with Crippen molar-refractivity contribution < 1.29 is 23.5 Å². The maximum atomic E-state index is 12.3. The Balaban J connectivity index is 2.10. The summed E-state index contributed by atoms with van der Waals surface area (Å²) in [6, 6.07) is 4.75. The Labute approximate surface area is 160 Å². The van der Waals surface area contributed by atoms with Crippen molar-refractivity contribution in [1.29, 1.82) is 0 Å². The van der Waals surface area contributed by atoms with Crippen molar-refractivity contribution >= 4 is 27.7 Å². The normalized spacial score (nSPS) is 10.3. The molecule has 1 heterocycles. The highest BCUT2D eigenvalue weighted by Gasteiger charge is 2.18. The molecule has 1 aromatic heterocycles. The van der Waals surface area contributed by atoms with Crippen LogP contribution in [0.1, 0.15) is 45.6 Å². The van der Waals surface area contributed by atoms with E-state index in [4.69, 9.17) is 13.9 Å². The fraction of sp³-hybridized carbons (Fsp3) is 0.333. The minimum atomic E-state index is -0.489. The number of carbonyl (C=O) groups is 2. The SMILES string of the molecule is CCCOc1c(Br)cc(C(=O)NNC(=O)c2cc(C)oc2C)cc1OC. The fourth-order valence-corrected chi connectivity index (χ4v) is 2.86. The van der Waals surface area contributed by atoms with Gasteiger partial charge in [-0.05, 0) is 54.4 Å². The molecule has 0 saturated carbocycles. The summed E-state index contributed by atoms with van der Waals surface area (Å²) >= 11 is 3.38. The third kappa shape index (κ3) is 4.57. The molecular weight excluding hydrogens is 404 g/mol. The van der Waals surface area contributed by atoms with Gasteiger partial charge in [0.1, 0.15) is 11.5 Å². The van der Waals surface area contributed by atoms with E-state index >= 15 is 0 Å². The van der Waals surface area contributed by atoms with Crippen LogP contribution in [-0.2, 0) is 0 Å². The summed E-state index contributed by atoms with van der Waals surface area (Å²) in [5, 5.41) is 0. The molecule has 0 saturated heterocycles. The van der Waals surface area contributed by atoms with Crippen molar-refractivity contribution in [3.05, 3.63) is 45.3 Å². The zero-order valence-electron chi connectivity index (χ0n) is 15.1. The minimum Gasteiger partial charge on any atom is -0.493 e. The second-order valence-corrected chi connectivity index (χ2v) is 6.43. The van der Waals surface area contributed by atoms with Gasteiger partial charge in [0.2, 0.25) is 0 Å². The second-order valence-electron chi connectivity index (χ2n) is 5.57. The number of rotatable bonds is 6. The summed E-state index contributed by atoms with van der Waals surface area (Å²) in [6.07, 6.45) is 0.844. The van der Waals surface area contributed by atoms with Crippen LogP contribution in [0.15, 0.2) is 27.1 Å². The average molecular weight is 425 g/mol. The van der Waals surface area contributed by atoms with Gasteiger partial charge in [-0.1, -0.05) is 6.92 Å². The number of ether oxygens (including phenoxy) is 2. The molecule has 0 unspecified atom stereocenters. The lowest BCUT2D eigenvalue weighted by molar-refractivity contribution is 0.0845. The van der Waals surface area contributed by atoms with Crippen LogP contribution in [0.5, 0.6) is 11.5 Å². The molecule has 26 heavy (non-hydrogen) atoms. The number of carbonyl (C=O) groups excluding carboxylic acids is 2. The third-order valence-electron chi connectivity index (χ3n) is 3.52. The number of aryl methyl sites for hydroxylation is 2. The number of hydrogen-bond donors (Lipinski definition) is 2. The summed E-state index contributed by atoms with van der Waals surface area (Å²) in [6.45, 7) is 5.95. The summed E-state index contributed by atoms with van der Waals surface area (Å²) < 4.78 is 16.8. The predicted octanol–water partition coefficient (Wildman–Crippen LogP) is 3.53. The van der Waals surface area contributed by atoms with Gasteiger partial charge in [0.25, 0.3) is 11.8 Å². The van der Waals surface area contributed by atoms with E-state index in [1.54, 1.807) is 32.0 Å². The average Bonchev–Trinajstić information content (AvgIpc) is 2.95. The molecule has 2 N–H and O–H groups in total. The van der Waals surface area contributed by atoms with E-state index in [0.29, 0.717) is 45.2 Å². The molecule has 0 bridgehead atoms. The van der Waals surface area contributed by atoms with E-state index in [2.05, 4.69) is 26.8 Å². The number of amides is 2. The van der Waals surface area contributed by atoms with Crippen LogP contribution in [0.25, 0.3) is 0 Å². The van der Waals surface area contributed by atoms with E-state index < -0.39 is 11.8 Å². The first kappa shape index (κ1) is 19.8. The van der Waals surface area contributed by atoms with Crippen molar-refractivity contribution in [2.45, 2.75) is 27.2 Å². The highest BCUT2D eigenvalue weighted by atomic mass is 79.9. The molecule has 2 amide bonds. The number of hydrogen-bond acceptors (Lipinski definition) is 5. The Morgan fingerprint density at radius 2 is 1.85 bits per heavy atom. The van der Waals surface area contributed by atoms with Gasteiger partial charge >= 0.3 is 0 Å². The van der Waals surface area contributed by atoms with Crippen LogP contribution in [0.2, 0.25) is 0 Å². The Kier molecular flexibility index (Phi) is 6.68. The van der Waals surface area contributed by atoms with E-state index in [1.165, 1.54) is 7.11 Å². The first-order valence-electron chi connectivity index (χ1n) is 8.05. The molecular formula is C18H21BrN2O5. The molecule has 0 spiro atoms. The van der Waals surface area contributed by atoms with E-state index in [0.717, 1.165) is 6.42 Å². The largest absolute Gasteiger partial charge is 0.493 e. The van der Waals surface area contributed by atoms with Crippen LogP contribution in [0, 0.1) is 13.8 Å². The molecule has 1 aromatic carbocycles. The molecule has 0 radical (unpaired) electrons. The van der Waals surface area contributed by atoms with Crippen molar-refractivity contribution in [2.75, 3.05) is 13.7 Å². The van der Waals surface area contributed by atoms with E-state index in [9.17, 15) is 9.59 Å². The van der Waals surface area contributed by atoms with E-state index in [1.807, 2.05) is 6.92 Å². The van der Waals surface area contributed by atoms with Gasteiger partial charge in [-0.25, -0.2) is 0 Å². The lowest BCUT2D eigenvalue weighted by Crippen LogP contribution is -2.41. The summed E-state index contributed by atoms with van der Waals surface area (Å²) in [7, 11) is 1.49. The monoisotopic (exact) mass is 424 g/mol. The van der Waals surface area contributed by atoms with Gasteiger partial charge in [-0.3, -0.25) is 20.4 Å². The second kappa shape index (κ2) is 8.75. The summed E-state index contributed by atoms with van der Waals surface area (Å²) in [5.41, 5.74) is 5.42. The molecule has 2 rings (SSSR count). The fourth-order valence-electron chi connectivity index (χ4n) is 2.30. The Bertz CT molecular complexity index is 816. The minimum absolute atomic E-state index is 0.304. The number of furan rings is 1. The van der Waals surface area contributed by atoms with Crippen LogP contribution >= 0.6 is 15.9 Å². The van der Waals surface area contributed by atoms with Gasteiger partial charge in [-0.2, -0.15) is 0 Å². The number of methoxy groups -OCH3 is 1. The number of halogens is 1. The molecule has 2 aromatic rings. The van der Waals surface area contributed by atoms with Crippen molar-refractivity contribution in [3.63, 3.8) is 0 Å². The maximum Gasteiger partial charge on any atom is 0.273 e. The van der Waals surface area contributed by atoms with Gasteiger partial charge in [0, 0.05) is 5.56 Å². The Hall–Kier alpha value is -2.48. The van der Waals surface area contributed by atoms with E-state index in [-0.39, 0.29) is 0 Å². The van der Waals surface area contributed by atoms with Crippen LogP contribution in [-0.4, -0.2) is 25.5 Å². The zero-order chi connectivity index (χ0) is 19.3. The summed E-state index contributed by atoms with van der Waals surface area (Å²) in [4.78, 5) is 24.5. The molecule has 8 heteroatoms. The Morgan fingerprint density at radius 3 is 2.42 bits per heavy atom. The van der Waals surface area contributed by atoms with Gasteiger partial charge in [0.05, 0.1) is 23.8 Å². The predicted molar refractivity (Wildman–Crippen MR) is 99.6 cm³/mol. The third-order valence-corrected chi connectivity index (χ3v) is 4.11. The zero-order valence-corrected chi connectivity index (χ0v) is 16.7. The van der Waals surface area contributed by atoms with Gasteiger partial charge in [-0.15, -0.1) is 0 Å². The molecule has 0 aliphatic heterocycles. The lowest BCUT2D eigenvalue weighted by Gasteiger charge is -2.14. The molecule has 140 valence electrons. The van der Waals surface area contributed by atoms with Gasteiger partial charge in [0.15, 0.2) is 11.5 Å². The summed E-state index contributed by atoms with van der Waals surface area (Å²) in [5.74, 6) is 1.11. The molecule has 0 atom stereocenters. The number of hydrazine groups is 1. The highest BCUT2D eigenvalue weighted by Crippen LogP contribution is 2.36. The van der Waals surface area contributed by atoms with Gasteiger partial charge < -0.3 is 13.9 Å². The Morgan fingerprint density at radius 1 is 1.15 bits per heavy atom. The number of nitrogens with one attached hydrogen (secondary N) is 2.